The maximum Gasteiger partial charge on any atom is 0.239 e. The fourth-order valence-corrected chi connectivity index (χ4v) is 2.97. The first-order valence-electron chi connectivity index (χ1n) is 6.89. The molecule has 0 aliphatic heterocycles. The van der Waals surface area contributed by atoms with Gasteiger partial charge in [-0.15, -0.1) is 0 Å². The molecule has 1 amide bonds. The Morgan fingerprint density at radius 1 is 1.09 bits per heavy atom. The summed E-state index contributed by atoms with van der Waals surface area (Å²) in [5.74, 6) is -0.376. The maximum atomic E-state index is 12.1. The number of amides is 1. The Labute approximate surface area is 144 Å². The maximum absolute atomic E-state index is 12.1. The Balaban J connectivity index is 2.07. The number of sulfonamides is 1. The molecule has 0 radical (unpaired) electrons. The molecule has 0 heterocycles. The molecule has 23 heavy (non-hydrogen) atoms. The van der Waals surface area contributed by atoms with Crippen molar-refractivity contribution in [3.05, 3.63) is 64.6 Å². The quantitative estimate of drug-likeness (QED) is 0.815. The van der Waals surface area contributed by atoms with Crippen LogP contribution >= 0.6 is 15.9 Å². The molecule has 0 saturated carbocycles. The highest BCUT2D eigenvalue weighted by atomic mass is 79.9. The Kier molecular flexibility index (Phi) is 5.92. The fraction of sp³-hybridized carbons (Fsp3) is 0.188. The minimum absolute atomic E-state index is 0.147. The van der Waals surface area contributed by atoms with Crippen LogP contribution in [-0.4, -0.2) is 31.4 Å². The molecule has 1 N–H and O–H groups in total. The number of halogens is 1. The van der Waals surface area contributed by atoms with E-state index in [0.29, 0.717) is 5.69 Å². The van der Waals surface area contributed by atoms with E-state index in [1.165, 1.54) is 0 Å². The van der Waals surface area contributed by atoms with Crippen molar-refractivity contribution in [1.29, 1.82) is 0 Å². The zero-order valence-corrected chi connectivity index (χ0v) is 15.0. The lowest BCUT2D eigenvalue weighted by Gasteiger charge is -2.19. The average Bonchev–Trinajstić information content (AvgIpc) is 2.49. The van der Waals surface area contributed by atoms with Crippen LogP contribution in [-0.2, 0) is 21.4 Å². The molecule has 0 saturated heterocycles. The molecule has 0 fully saturated rings. The lowest BCUT2D eigenvalue weighted by molar-refractivity contribution is -0.116. The molecule has 2 aromatic carbocycles. The predicted molar refractivity (Wildman–Crippen MR) is 94.5 cm³/mol. The van der Waals surface area contributed by atoms with Gasteiger partial charge in [-0.1, -0.05) is 46.3 Å². The standard InChI is InChI=1S/C16H17BrN2O3S/c1-23(21,22)19(11-13-7-9-14(17)10-8-13)12-16(20)18-15-5-3-2-4-6-15/h2-10H,11-12H2,1H3,(H,18,20). The number of nitrogens with one attached hydrogen (secondary N) is 1. The minimum Gasteiger partial charge on any atom is -0.325 e. The van der Waals surface area contributed by atoms with E-state index in [2.05, 4.69) is 21.2 Å². The summed E-state index contributed by atoms with van der Waals surface area (Å²) < 4.78 is 25.9. The summed E-state index contributed by atoms with van der Waals surface area (Å²) in [7, 11) is -3.50. The summed E-state index contributed by atoms with van der Waals surface area (Å²) >= 11 is 3.33. The number of carbonyl (C=O) groups is 1. The van der Waals surface area contributed by atoms with E-state index >= 15 is 0 Å². The number of nitrogens with zero attached hydrogens (tertiary/aromatic N) is 1. The average molecular weight is 397 g/mol. The van der Waals surface area contributed by atoms with Crippen LogP contribution in [0, 0.1) is 0 Å². The van der Waals surface area contributed by atoms with Crippen molar-refractivity contribution in [2.24, 2.45) is 0 Å². The molecule has 0 unspecified atom stereocenters. The van der Waals surface area contributed by atoms with Gasteiger partial charge in [0.2, 0.25) is 15.9 Å². The first kappa shape index (κ1) is 17.7. The lowest BCUT2D eigenvalue weighted by atomic mass is 10.2. The normalized spacial score (nSPS) is 11.4. The van der Waals surface area contributed by atoms with E-state index in [0.717, 1.165) is 20.6 Å². The lowest BCUT2D eigenvalue weighted by Crippen LogP contribution is -2.36. The molecule has 0 atom stereocenters. The summed E-state index contributed by atoms with van der Waals surface area (Å²) in [6, 6.07) is 16.2. The Morgan fingerprint density at radius 3 is 2.26 bits per heavy atom. The first-order valence-corrected chi connectivity index (χ1v) is 9.53. The molecule has 0 aromatic heterocycles. The monoisotopic (exact) mass is 396 g/mol. The highest BCUT2D eigenvalue weighted by Crippen LogP contribution is 2.14. The van der Waals surface area contributed by atoms with Gasteiger partial charge in [0, 0.05) is 16.7 Å². The number of rotatable bonds is 6. The third kappa shape index (κ3) is 5.78. The second-order valence-corrected chi connectivity index (χ2v) is 7.97. The third-order valence-electron chi connectivity index (χ3n) is 3.12. The van der Waals surface area contributed by atoms with E-state index in [4.69, 9.17) is 0 Å². The van der Waals surface area contributed by atoms with E-state index in [1.54, 1.807) is 24.3 Å². The Morgan fingerprint density at radius 2 is 1.70 bits per heavy atom. The Hall–Kier alpha value is -1.70. The largest absolute Gasteiger partial charge is 0.325 e. The highest BCUT2D eigenvalue weighted by molar-refractivity contribution is 9.10. The molecule has 0 spiro atoms. The van der Waals surface area contributed by atoms with Gasteiger partial charge >= 0.3 is 0 Å². The summed E-state index contributed by atoms with van der Waals surface area (Å²) in [4.78, 5) is 12.1. The molecule has 0 bridgehead atoms. The highest BCUT2D eigenvalue weighted by Gasteiger charge is 2.20. The van der Waals surface area contributed by atoms with E-state index < -0.39 is 10.0 Å². The zero-order valence-electron chi connectivity index (χ0n) is 12.6. The van der Waals surface area contributed by atoms with Crippen molar-refractivity contribution in [1.82, 2.24) is 4.31 Å². The Bertz CT molecular complexity index is 762. The van der Waals surface area contributed by atoms with Crippen LogP contribution in [0.2, 0.25) is 0 Å². The fourth-order valence-electron chi connectivity index (χ4n) is 1.97. The number of hydrogen-bond acceptors (Lipinski definition) is 3. The number of hydrogen-bond donors (Lipinski definition) is 1. The van der Waals surface area contributed by atoms with Gasteiger partial charge in [0.05, 0.1) is 12.8 Å². The molecule has 2 aromatic rings. The first-order chi connectivity index (χ1) is 10.8. The molecular weight excluding hydrogens is 380 g/mol. The van der Waals surface area contributed by atoms with E-state index in [9.17, 15) is 13.2 Å². The summed E-state index contributed by atoms with van der Waals surface area (Å²) in [6.07, 6.45) is 1.10. The van der Waals surface area contributed by atoms with Crippen LogP contribution in [0.25, 0.3) is 0 Å². The topological polar surface area (TPSA) is 66.5 Å². The molecule has 0 aliphatic carbocycles. The minimum atomic E-state index is -3.50. The van der Waals surface area contributed by atoms with Gasteiger partial charge in [-0.2, -0.15) is 4.31 Å². The number of benzene rings is 2. The van der Waals surface area contributed by atoms with Crippen LogP contribution in [0.5, 0.6) is 0 Å². The smallest absolute Gasteiger partial charge is 0.239 e. The van der Waals surface area contributed by atoms with Crippen molar-refractivity contribution in [2.45, 2.75) is 6.54 Å². The van der Waals surface area contributed by atoms with Gasteiger partial charge in [0.15, 0.2) is 0 Å². The van der Waals surface area contributed by atoms with Crippen LogP contribution in [0.3, 0.4) is 0 Å². The van der Waals surface area contributed by atoms with Gasteiger partial charge in [-0.3, -0.25) is 4.79 Å². The molecule has 5 nitrogen and oxygen atoms in total. The number of anilines is 1. The number of para-hydroxylation sites is 1. The molecule has 7 heteroatoms. The van der Waals surface area contributed by atoms with Gasteiger partial charge in [0.25, 0.3) is 0 Å². The molecule has 0 aliphatic rings. The van der Waals surface area contributed by atoms with Crippen molar-refractivity contribution >= 4 is 37.5 Å². The van der Waals surface area contributed by atoms with Crippen molar-refractivity contribution in [2.75, 3.05) is 18.1 Å². The van der Waals surface area contributed by atoms with Crippen LogP contribution < -0.4 is 5.32 Å². The second kappa shape index (κ2) is 7.72. The molecular formula is C16H17BrN2O3S. The van der Waals surface area contributed by atoms with Crippen molar-refractivity contribution in [3.8, 4) is 0 Å². The van der Waals surface area contributed by atoms with Crippen LogP contribution in [0.15, 0.2) is 59.1 Å². The van der Waals surface area contributed by atoms with Gasteiger partial charge < -0.3 is 5.32 Å². The third-order valence-corrected chi connectivity index (χ3v) is 4.84. The van der Waals surface area contributed by atoms with Crippen molar-refractivity contribution < 1.29 is 13.2 Å². The number of carbonyl (C=O) groups excluding carboxylic acids is 1. The predicted octanol–water partition coefficient (Wildman–Crippen LogP) is 2.85. The van der Waals surface area contributed by atoms with Crippen LogP contribution in [0.1, 0.15) is 5.56 Å². The SMILES string of the molecule is CS(=O)(=O)N(CC(=O)Nc1ccccc1)Cc1ccc(Br)cc1. The molecule has 122 valence electrons. The molecule has 2 rings (SSSR count). The van der Waals surface area contributed by atoms with Crippen LogP contribution in [0.4, 0.5) is 5.69 Å². The van der Waals surface area contributed by atoms with Gasteiger partial charge in [-0.25, -0.2) is 8.42 Å². The van der Waals surface area contributed by atoms with Crippen molar-refractivity contribution in [3.63, 3.8) is 0 Å². The van der Waals surface area contributed by atoms with E-state index in [1.807, 2.05) is 30.3 Å². The van der Waals surface area contributed by atoms with E-state index in [-0.39, 0.29) is 19.0 Å². The summed E-state index contributed by atoms with van der Waals surface area (Å²) in [5.41, 5.74) is 1.45. The summed E-state index contributed by atoms with van der Waals surface area (Å²) in [6.45, 7) is -0.0852. The zero-order chi connectivity index (χ0) is 16.9. The summed E-state index contributed by atoms with van der Waals surface area (Å²) in [5, 5.41) is 2.69. The van der Waals surface area contributed by atoms with Gasteiger partial charge in [-0.05, 0) is 29.8 Å². The van der Waals surface area contributed by atoms with Gasteiger partial charge in [0.1, 0.15) is 0 Å². The second-order valence-electron chi connectivity index (χ2n) is 5.07.